The van der Waals surface area contributed by atoms with Crippen molar-refractivity contribution < 1.29 is 0 Å². The van der Waals surface area contributed by atoms with Gasteiger partial charge in [-0.25, -0.2) is 4.98 Å². The molecule has 5 nitrogen and oxygen atoms in total. The molecule has 5 heteroatoms. The van der Waals surface area contributed by atoms with E-state index in [1.54, 1.807) is 6.20 Å². The Kier molecular flexibility index (Phi) is 2.46. The minimum atomic E-state index is 0.467. The van der Waals surface area contributed by atoms with E-state index in [9.17, 15) is 0 Å². The Bertz CT molecular complexity index is 439. The van der Waals surface area contributed by atoms with E-state index in [4.69, 9.17) is 0 Å². The molecule has 0 saturated carbocycles. The number of piperidine rings is 1. The summed E-state index contributed by atoms with van der Waals surface area (Å²) in [5, 5.41) is 6.77. The third-order valence-corrected chi connectivity index (χ3v) is 2.90. The number of imidazole rings is 1. The van der Waals surface area contributed by atoms with Crippen LogP contribution in [0, 0.1) is 0 Å². The van der Waals surface area contributed by atoms with Gasteiger partial charge in [0.2, 0.25) is 5.95 Å². The predicted molar refractivity (Wildman–Crippen MR) is 63.4 cm³/mol. The Hall–Kier alpha value is -1.62. The molecule has 2 aromatic rings. The standard InChI is InChI=1S/C11H15N5/c1-3-8(7-12-5-1)14-11-15-9-4-2-6-13-10(9)16-11/h2,4,6,8,12H,1,3,5,7H2,(H2,13,14,15,16)/t8-/m1/s1. The van der Waals surface area contributed by atoms with E-state index in [1.165, 1.54) is 12.8 Å². The molecule has 1 aliphatic rings. The van der Waals surface area contributed by atoms with Crippen LogP contribution in [-0.2, 0) is 0 Å². The fraction of sp³-hybridized carbons (Fsp3) is 0.455. The number of aromatic nitrogens is 3. The summed E-state index contributed by atoms with van der Waals surface area (Å²) in [4.78, 5) is 11.8. The maximum atomic E-state index is 4.40. The second kappa shape index (κ2) is 4.09. The summed E-state index contributed by atoms with van der Waals surface area (Å²) >= 11 is 0. The van der Waals surface area contributed by atoms with Crippen LogP contribution in [0.1, 0.15) is 12.8 Å². The number of fused-ring (bicyclic) bond motifs is 1. The number of aromatic amines is 1. The van der Waals surface area contributed by atoms with Crippen molar-refractivity contribution in [3.8, 4) is 0 Å². The van der Waals surface area contributed by atoms with Gasteiger partial charge >= 0.3 is 0 Å². The van der Waals surface area contributed by atoms with Crippen LogP contribution in [0.4, 0.5) is 5.95 Å². The van der Waals surface area contributed by atoms with Gasteiger partial charge in [-0.3, -0.25) is 0 Å². The van der Waals surface area contributed by atoms with E-state index in [0.717, 1.165) is 30.2 Å². The van der Waals surface area contributed by atoms with Crippen LogP contribution in [0.15, 0.2) is 18.3 Å². The molecule has 1 fully saturated rings. The van der Waals surface area contributed by atoms with E-state index < -0.39 is 0 Å². The zero-order chi connectivity index (χ0) is 10.8. The van der Waals surface area contributed by atoms with Crippen molar-refractivity contribution in [2.45, 2.75) is 18.9 Å². The van der Waals surface area contributed by atoms with Crippen LogP contribution in [0.3, 0.4) is 0 Å². The summed E-state index contributed by atoms with van der Waals surface area (Å²) in [5.74, 6) is 0.822. The first-order valence-corrected chi connectivity index (χ1v) is 5.70. The molecule has 3 heterocycles. The third-order valence-electron chi connectivity index (χ3n) is 2.90. The Labute approximate surface area is 93.7 Å². The highest BCUT2D eigenvalue weighted by Gasteiger charge is 2.14. The minimum absolute atomic E-state index is 0.467. The second-order valence-corrected chi connectivity index (χ2v) is 4.15. The van der Waals surface area contributed by atoms with Gasteiger partial charge in [-0.15, -0.1) is 0 Å². The number of rotatable bonds is 2. The van der Waals surface area contributed by atoms with Crippen molar-refractivity contribution in [2.75, 3.05) is 18.4 Å². The van der Waals surface area contributed by atoms with Crippen LogP contribution >= 0.6 is 0 Å². The van der Waals surface area contributed by atoms with Gasteiger partial charge in [0.25, 0.3) is 0 Å². The average molecular weight is 217 g/mol. The first-order chi connectivity index (χ1) is 7.92. The molecule has 0 aromatic carbocycles. The number of hydrogen-bond donors (Lipinski definition) is 3. The topological polar surface area (TPSA) is 65.6 Å². The Morgan fingerprint density at radius 3 is 3.25 bits per heavy atom. The molecule has 2 aromatic heterocycles. The summed E-state index contributed by atoms with van der Waals surface area (Å²) in [7, 11) is 0. The molecular weight excluding hydrogens is 202 g/mol. The lowest BCUT2D eigenvalue weighted by atomic mass is 10.1. The first kappa shape index (κ1) is 9.59. The van der Waals surface area contributed by atoms with Gasteiger partial charge in [0.15, 0.2) is 5.65 Å². The van der Waals surface area contributed by atoms with Gasteiger partial charge in [0.05, 0.1) is 5.52 Å². The first-order valence-electron chi connectivity index (χ1n) is 5.70. The number of pyridine rings is 1. The third kappa shape index (κ3) is 1.86. The van der Waals surface area contributed by atoms with Crippen LogP contribution in [0.25, 0.3) is 11.2 Å². The smallest absolute Gasteiger partial charge is 0.202 e. The number of H-pyrrole nitrogens is 1. The van der Waals surface area contributed by atoms with Gasteiger partial charge in [0, 0.05) is 18.8 Å². The molecule has 0 bridgehead atoms. The molecule has 1 aliphatic heterocycles. The van der Waals surface area contributed by atoms with Gasteiger partial charge in [-0.05, 0) is 31.5 Å². The normalized spacial score (nSPS) is 21.1. The van der Waals surface area contributed by atoms with E-state index in [2.05, 4.69) is 25.6 Å². The molecule has 0 aliphatic carbocycles. The molecule has 3 rings (SSSR count). The van der Waals surface area contributed by atoms with Gasteiger partial charge in [0.1, 0.15) is 0 Å². The highest BCUT2D eigenvalue weighted by atomic mass is 15.2. The number of nitrogens with one attached hydrogen (secondary N) is 3. The summed E-state index contributed by atoms with van der Waals surface area (Å²) in [5.41, 5.74) is 1.75. The predicted octanol–water partition coefficient (Wildman–Crippen LogP) is 1.12. The quantitative estimate of drug-likeness (QED) is 0.705. The summed E-state index contributed by atoms with van der Waals surface area (Å²) in [6.07, 6.45) is 4.17. The molecular formula is C11H15N5. The molecule has 0 spiro atoms. The van der Waals surface area contributed by atoms with E-state index >= 15 is 0 Å². The van der Waals surface area contributed by atoms with Crippen LogP contribution in [-0.4, -0.2) is 34.1 Å². The maximum Gasteiger partial charge on any atom is 0.202 e. The number of nitrogens with zero attached hydrogens (tertiary/aromatic N) is 2. The number of hydrogen-bond acceptors (Lipinski definition) is 4. The summed E-state index contributed by atoms with van der Waals surface area (Å²) < 4.78 is 0. The molecule has 1 saturated heterocycles. The van der Waals surface area contributed by atoms with Crippen LogP contribution < -0.4 is 10.6 Å². The monoisotopic (exact) mass is 217 g/mol. The van der Waals surface area contributed by atoms with E-state index in [0.29, 0.717) is 6.04 Å². The second-order valence-electron chi connectivity index (χ2n) is 4.15. The Morgan fingerprint density at radius 1 is 1.44 bits per heavy atom. The van der Waals surface area contributed by atoms with Crippen LogP contribution in [0.5, 0.6) is 0 Å². The molecule has 1 atom stereocenters. The largest absolute Gasteiger partial charge is 0.352 e. The van der Waals surface area contributed by atoms with Gasteiger partial charge in [-0.1, -0.05) is 0 Å². The average Bonchev–Trinajstić information content (AvgIpc) is 2.72. The van der Waals surface area contributed by atoms with Crippen molar-refractivity contribution in [2.24, 2.45) is 0 Å². The highest BCUT2D eigenvalue weighted by Crippen LogP contribution is 2.13. The highest BCUT2D eigenvalue weighted by molar-refractivity contribution is 5.72. The van der Waals surface area contributed by atoms with E-state index in [1.807, 2.05) is 12.1 Å². The lowest BCUT2D eigenvalue weighted by molar-refractivity contribution is 0.478. The summed E-state index contributed by atoms with van der Waals surface area (Å²) in [6, 6.07) is 4.36. The van der Waals surface area contributed by atoms with Gasteiger partial charge < -0.3 is 15.6 Å². The van der Waals surface area contributed by atoms with E-state index in [-0.39, 0.29) is 0 Å². The van der Waals surface area contributed by atoms with Crippen LogP contribution in [0.2, 0.25) is 0 Å². The molecule has 84 valence electrons. The van der Waals surface area contributed by atoms with Crippen molar-refractivity contribution in [3.63, 3.8) is 0 Å². The fourth-order valence-electron chi connectivity index (χ4n) is 2.08. The Morgan fingerprint density at radius 2 is 2.44 bits per heavy atom. The summed E-state index contributed by atoms with van der Waals surface area (Å²) in [6.45, 7) is 2.13. The lowest BCUT2D eigenvalue weighted by Crippen LogP contribution is -2.38. The zero-order valence-electron chi connectivity index (χ0n) is 9.03. The molecule has 16 heavy (non-hydrogen) atoms. The van der Waals surface area contributed by atoms with Gasteiger partial charge in [-0.2, -0.15) is 4.98 Å². The zero-order valence-corrected chi connectivity index (χ0v) is 9.03. The maximum absolute atomic E-state index is 4.40. The van der Waals surface area contributed by atoms with Crippen molar-refractivity contribution >= 4 is 17.1 Å². The van der Waals surface area contributed by atoms with Crippen molar-refractivity contribution in [3.05, 3.63) is 18.3 Å². The number of anilines is 1. The molecule has 0 unspecified atom stereocenters. The minimum Gasteiger partial charge on any atom is -0.352 e. The van der Waals surface area contributed by atoms with Crippen molar-refractivity contribution in [1.82, 2.24) is 20.3 Å². The molecule has 0 radical (unpaired) electrons. The lowest BCUT2D eigenvalue weighted by Gasteiger charge is -2.23. The molecule has 3 N–H and O–H groups in total. The fourth-order valence-corrected chi connectivity index (χ4v) is 2.08. The Balaban J connectivity index is 1.78. The molecule has 0 amide bonds. The SMILES string of the molecule is c1cnc2nc(N[C@@H]3CCCNC3)[nH]c2c1. The van der Waals surface area contributed by atoms with Crippen molar-refractivity contribution in [1.29, 1.82) is 0 Å².